The minimum atomic E-state index is 0. The molecule has 1 aromatic heterocycles. The van der Waals surface area contributed by atoms with Gasteiger partial charge < -0.3 is 10.3 Å². The highest BCUT2D eigenvalue weighted by atomic mass is 79.9. The highest BCUT2D eigenvalue weighted by Gasteiger charge is 2.23. The van der Waals surface area contributed by atoms with Gasteiger partial charge in [-0.05, 0) is 37.6 Å². The van der Waals surface area contributed by atoms with E-state index in [-0.39, 0.29) is 12.4 Å². The maximum atomic E-state index is 5.70. The van der Waals surface area contributed by atoms with Crippen LogP contribution in [0, 0.1) is 5.92 Å². The van der Waals surface area contributed by atoms with E-state index in [9.17, 15) is 0 Å². The number of rotatable bonds is 4. The topological polar surface area (TPSA) is 68.2 Å². The average molecular weight is 374 g/mol. The lowest BCUT2D eigenvalue weighted by Crippen LogP contribution is -2.22. The molecule has 1 aliphatic rings. The first-order valence-corrected chi connectivity index (χ1v) is 7.55. The molecule has 1 atom stereocenters. The lowest BCUT2D eigenvalue weighted by atomic mass is 10.1. The third kappa shape index (κ3) is 4.03. The van der Waals surface area contributed by atoms with Crippen LogP contribution in [0.15, 0.2) is 33.3 Å². The molecule has 1 unspecified atom stereocenters. The Bertz CT molecular complexity index is 592. The molecular formula is C14H18BrClN4O. The van der Waals surface area contributed by atoms with Crippen molar-refractivity contribution >= 4 is 28.3 Å². The number of hydrogen-bond donors (Lipinski definition) is 1. The van der Waals surface area contributed by atoms with Crippen LogP contribution in [0.3, 0.4) is 0 Å². The summed E-state index contributed by atoms with van der Waals surface area (Å²) in [7, 11) is 0. The van der Waals surface area contributed by atoms with E-state index < -0.39 is 0 Å². The first kappa shape index (κ1) is 16.4. The van der Waals surface area contributed by atoms with Crippen LogP contribution in [0.5, 0.6) is 0 Å². The SMILES string of the molecule is Cl.NCC1CCN(Cc2nc(-c3cccc(Br)c3)no2)C1. The predicted molar refractivity (Wildman–Crippen MR) is 87.1 cm³/mol. The van der Waals surface area contributed by atoms with Gasteiger partial charge in [0.2, 0.25) is 11.7 Å². The van der Waals surface area contributed by atoms with Gasteiger partial charge in [0.15, 0.2) is 0 Å². The van der Waals surface area contributed by atoms with Gasteiger partial charge in [0, 0.05) is 16.6 Å². The molecule has 1 aromatic carbocycles. The largest absolute Gasteiger partial charge is 0.338 e. The molecule has 0 radical (unpaired) electrons. The average Bonchev–Trinajstić information content (AvgIpc) is 3.08. The molecule has 0 bridgehead atoms. The van der Waals surface area contributed by atoms with Gasteiger partial charge in [-0.2, -0.15) is 4.98 Å². The van der Waals surface area contributed by atoms with Crippen molar-refractivity contribution in [2.24, 2.45) is 11.7 Å². The van der Waals surface area contributed by atoms with Crippen molar-refractivity contribution in [2.45, 2.75) is 13.0 Å². The van der Waals surface area contributed by atoms with Crippen LogP contribution in [0.1, 0.15) is 12.3 Å². The van der Waals surface area contributed by atoms with E-state index in [1.165, 1.54) is 0 Å². The molecule has 2 aromatic rings. The maximum Gasteiger partial charge on any atom is 0.241 e. The Morgan fingerprint density at radius 3 is 3.00 bits per heavy atom. The standard InChI is InChI=1S/C14H17BrN4O.ClH/c15-12-3-1-2-11(6-12)14-17-13(20-18-14)9-19-5-4-10(7-16)8-19;/h1-3,6,10H,4-5,7-9,16H2;1H. The number of hydrogen-bond acceptors (Lipinski definition) is 5. The van der Waals surface area contributed by atoms with E-state index in [0.29, 0.717) is 24.2 Å². The minimum absolute atomic E-state index is 0. The molecule has 1 aliphatic heterocycles. The smallest absolute Gasteiger partial charge is 0.241 e. The Labute approximate surface area is 138 Å². The summed E-state index contributed by atoms with van der Waals surface area (Å²) in [6.07, 6.45) is 1.16. The first-order chi connectivity index (χ1) is 9.74. The molecule has 0 saturated carbocycles. The Kier molecular flexibility index (Phi) is 5.75. The molecule has 0 amide bonds. The highest BCUT2D eigenvalue weighted by Crippen LogP contribution is 2.22. The third-order valence-corrected chi connectivity index (χ3v) is 4.11. The van der Waals surface area contributed by atoms with Gasteiger partial charge >= 0.3 is 0 Å². The van der Waals surface area contributed by atoms with Crippen LogP contribution < -0.4 is 5.73 Å². The number of nitrogens with two attached hydrogens (primary N) is 1. The second kappa shape index (κ2) is 7.35. The van der Waals surface area contributed by atoms with Gasteiger partial charge in [-0.1, -0.05) is 33.2 Å². The molecule has 2 heterocycles. The predicted octanol–water partition coefficient (Wildman–Crippen LogP) is 2.70. The summed E-state index contributed by atoms with van der Waals surface area (Å²) in [6, 6.07) is 7.89. The van der Waals surface area contributed by atoms with Crippen molar-refractivity contribution in [1.82, 2.24) is 15.0 Å². The highest BCUT2D eigenvalue weighted by molar-refractivity contribution is 9.10. The van der Waals surface area contributed by atoms with Gasteiger partial charge in [-0.15, -0.1) is 12.4 Å². The maximum absolute atomic E-state index is 5.70. The summed E-state index contributed by atoms with van der Waals surface area (Å²) in [5.74, 6) is 1.90. The summed E-state index contributed by atoms with van der Waals surface area (Å²) < 4.78 is 6.35. The Morgan fingerprint density at radius 1 is 1.43 bits per heavy atom. The normalized spacial score (nSPS) is 18.7. The molecular weight excluding hydrogens is 356 g/mol. The Balaban J connectivity index is 0.00000161. The molecule has 7 heteroatoms. The molecule has 2 N–H and O–H groups in total. The third-order valence-electron chi connectivity index (χ3n) is 3.61. The zero-order valence-electron chi connectivity index (χ0n) is 11.5. The van der Waals surface area contributed by atoms with E-state index in [0.717, 1.165) is 36.1 Å². The summed E-state index contributed by atoms with van der Waals surface area (Å²) in [4.78, 5) is 6.78. The first-order valence-electron chi connectivity index (χ1n) is 6.75. The van der Waals surface area contributed by atoms with Crippen LogP contribution in [0.4, 0.5) is 0 Å². The number of aromatic nitrogens is 2. The number of nitrogens with zero attached hydrogens (tertiary/aromatic N) is 3. The lowest BCUT2D eigenvalue weighted by molar-refractivity contribution is 0.261. The van der Waals surface area contributed by atoms with Crippen LogP contribution in [-0.4, -0.2) is 34.7 Å². The van der Waals surface area contributed by atoms with Crippen molar-refractivity contribution in [3.8, 4) is 11.4 Å². The van der Waals surface area contributed by atoms with Crippen molar-refractivity contribution in [1.29, 1.82) is 0 Å². The van der Waals surface area contributed by atoms with Gasteiger partial charge in [0.1, 0.15) is 0 Å². The number of halogens is 2. The summed E-state index contributed by atoms with van der Waals surface area (Å²) in [5.41, 5.74) is 6.66. The zero-order chi connectivity index (χ0) is 13.9. The van der Waals surface area contributed by atoms with Crippen LogP contribution in [0.2, 0.25) is 0 Å². The molecule has 3 rings (SSSR count). The van der Waals surface area contributed by atoms with Crippen molar-refractivity contribution in [3.63, 3.8) is 0 Å². The quantitative estimate of drug-likeness (QED) is 0.892. The molecule has 5 nitrogen and oxygen atoms in total. The summed E-state index contributed by atoms with van der Waals surface area (Å²) in [6.45, 7) is 3.53. The van der Waals surface area contributed by atoms with Crippen molar-refractivity contribution in [3.05, 3.63) is 34.6 Å². The van der Waals surface area contributed by atoms with Gasteiger partial charge in [-0.3, -0.25) is 4.90 Å². The Hall–Kier alpha value is -0.950. The fourth-order valence-corrected chi connectivity index (χ4v) is 2.90. The molecule has 114 valence electrons. The second-order valence-corrected chi connectivity index (χ2v) is 6.06. The molecule has 1 saturated heterocycles. The second-order valence-electron chi connectivity index (χ2n) is 5.15. The van der Waals surface area contributed by atoms with E-state index in [4.69, 9.17) is 10.3 Å². The summed E-state index contributed by atoms with van der Waals surface area (Å²) >= 11 is 3.45. The minimum Gasteiger partial charge on any atom is -0.338 e. The van der Waals surface area contributed by atoms with E-state index in [1.807, 2.05) is 24.3 Å². The zero-order valence-corrected chi connectivity index (χ0v) is 13.9. The number of likely N-dealkylation sites (tertiary alicyclic amines) is 1. The van der Waals surface area contributed by atoms with Crippen LogP contribution >= 0.6 is 28.3 Å². The van der Waals surface area contributed by atoms with Crippen molar-refractivity contribution in [2.75, 3.05) is 19.6 Å². The van der Waals surface area contributed by atoms with Crippen LogP contribution in [-0.2, 0) is 6.54 Å². The lowest BCUT2D eigenvalue weighted by Gasteiger charge is -2.12. The van der Waals surface area contributed by atoms with Gasteiger partial charge in [-0.25, -0.2) is 0 Å². The van der Waals surface area contributed by atoms with Crippen molar-refractivity contribution < 1.29 is 4.52 Å². The number of benzene rings is 1. The fraction of sp³-hybridized carbons (Fsp3) is 0.429. The molecule has 21 heavy (non-hydrogen) atoms. The van der Waals surface area contributed by atoms with Crippen LogP contribution in [0.25, 0.3) is 11.4 Å². The fourth-order valence-electron chi connectivity index (χ4n) is 2.50. The van der Waals surface area contributed by atoms with Gasteiger partial charge in [0.05, 0.1) is 6.54 Å². The van der Waals surface area contributed by atoms with E-state index >= 15 is 0 Å². The Morgan fingerprint density at radius 2 is 2.29 bits per heavy atom. The summed E-state index contributed by atoms with van der Waals surface area (Å²) in [5, 5.41) is 4.05. The molecule has 0 spiro atoms. The molecule has 1 fully saturated rings. The van der Waals surface area contributed by atoms with Gasteiger partial charge in [0.25, 0.3) is 0 Å². The van der Waals surface area contributed by atoms with E-state index in [2.05, 4.69) is 31.0 Å². The monoisotopic (exact) mass is 372 g/mol. The van der Waals surface area contributed by atoms with E-state index in [1.54, 1.807) is 0 Å². The molecule has 0 aliphatic carbocycles.